The van der Waals surface area contributed by atoms with Crippen molar-refractivity contribution in [3.8, 4) is 0 Å². The molecule has 0 bridgehead atoms. The SMILES string of the molecule is O=C1CC2(CCCC2)C(=O)N1CC1=CCNCC1. The number of nitrogens with zero attached hydrogens (tertiary/aromatic N) is 1. The van der Waals surface area contributed by atoms with Gasteiger partial charge in [-0.25, -0.2) is 0 Å². The van der Waals surface area contributed by atoms with E-state index in [1.807, 2.05) is 0 Å². The summed E-state index contributed by atoms with van der Waals surface area (Å²) in [5.74, 6) is 0.144. The monoisotopic (exact) mass is 248 g/mol. The summed E-state index contributed by atoms with van der Waals surface area (Å²) in [6.07, 6.45) is 7.54. The Labute approximate surface area is 107 Å². The number of carbonyl (C=O) groups is 2. The van der Waals surface area contributed by atoms with Crippen molar-refractivity contribution in [2.24, 2.45) is 5.41 Å². The van der Waals surface area contributed by atoms with Crippen molar-refractivity contribution in [3.05, 3.63) is 11.6 Å². The number of rotatable bonds is 2. The van der Waals surface area contributed by atoms with Gasteiger partial charge in [0, 0.05) is 19.5 Å². The van der Waals surface area contributed by atoms with E-state index in [1.54, 1.807) is 0 Å². The molecule has 1 spiro atoms. The van der Waals surface area contributed by atoms with Crippen molar-refractivity contribution in [2.45, 2.75) is 38.5 Å². The van der Waals surface area contributed by atoms with Crippen LogP contribution in [0.25, 0.3) is 0 Å². The van der Waals surface area contributed by atoms with Gasteiger partial charge in [0.05, 0.1) is 5.41 Å². The maximum atomic E-state index is 12.5. The quantitative estimate of drug-likeness (QED) is 0.590. The van der Waals surface area contributed by atoms with Crippen molar-refractivity contribution in [2.75, 3.05) is 19.6 Å². The molecule has 3 rings (SSSR count). The number of hydrogen-bond donors (Lipinski definition) is 1. The lowest BCUT2D eigenvalue weighted by molar-refractivity contribution is -0.140. The van der Waals surface area contributed by atoms with Gasteiger partial charge in [0.2, 0.25) is 11.8 Å². The summed E-state index contributed by atoms with van der Waals surface area (Å²) in [6, 6.07) is 0. The van der Waals surface area contributed by atoms with Crippen LogP contribution < -0.4 is 5.32 Å². The van der Waals surface area contributed by atoms with Crippen molar-refractivity contribution >= 4 is 11.8 Å². The molecule has 2 heterocycles. The lowest BCUT2D eigenvalue weighted by Crippen LogP contribution is -2.37. The minimum Gasteiger partial charge on any atom is -0.313 e. The van der Waals surface area contributed by atoms with Crippen LogP contribution in [0.5, 0.6) is 0 Å². The van der Waals surface area contributed by atoms with Crippen LogP contribution in [0, 0.1) is 5.41 Å². The molecule has 4 nitrogen and oxygen atoms in total. The molecule has 1 saturated carbocycles. The standard InChI is InChI=1S/C14H20N2O2/c17-12-9-14(5-1-2-6-14)13(18)16(12)10-11-3-7-15-8-4-11/h3,15H,1-2,4-10H2. The van der Waals surface area contributed by atoms with Crippen LogP contribution in [-0.2, 0) is 9.59 Å². The van der Waals surface area contributed by atoms with Gasteiger partial charge < -0.3 is 5.32 Å². The number of imide groups is 1. The first kappa shape index (κ1) is 11.9. The molecule has 18 heavy (non-hydrogen) atoms. The minimum absolute atomic E-state index is 0.0429. The average Bonchev–Trinajstić information content (AvgIpc) is 2.93. The van der Waals surface area contributed by atoms with E-state index >= 15 is 0 Å². The van der Waals surface area contributed by atoms with Crippen LogP contribution in [0.15, 0.2) is 11.6 Å². The number of nitrogens with one attached hydrogen (secondary N) is 1. The number of hydrogen-bond acceptors (Lipinski definition) is 3. The van der Waals surface area contributed by atoms with Crippen molar-refractivity contribution in [3.63, 3.8) is 0 Å². The topological polar surface area (TPSA) is 49.4 Å². The molecule has 1 saturated heterocycles. The maximum Gasteiger partial charge on any atom is 0.236 e. The largest absolute Gasteiger partial charge is 0.313 e. The molecule has 0 aromatic rings. The molecule has 3 aliphatic rings. The smallest absolute Gasteiger partial charge is 0.236 e. The van der Waals surface area contributed by atoms with Crippen LogP contribution in [0.4, 0.5) is 0 Å². The Morgan fingerprint density at radius 2 is 2.06 bits per heavy atom. The van der Waals surface area contributed by atoms with Gasteiger partial charge >= 0.3 is 0 Å². The van der Waals surface area contributed by atoms with E-state index in [0.717, 1.165) is 45.2 Å². The summed E-state index contributed by atoms with van der Waals surface area (Å²) in [6.45, 7) is 2.34. The summed E-state index contributed by atoms with van der Waals surface area (Å²) in [4.78, 5) is 26.1. The van der Waals surface area contributed by atoms with Crippen molar-refractivity contribution in [1.29, 1.82) is 0 Å². The Bertz CT molecular complexity index is 408. The summed E-state index contributed by atoms with van der Waals surface area (Å²) in [7, 11) is 0. The molecule has 2 amide bonds. The zero-order valence-corrected chi connectivity index (χ0v) is 10.7. The van der Waals surface area contributed by atoms with Gasteiger partial charge in [-0.3, -0.25) is 14.5 Å². The van der Waals surface area contributed by atoms with Gasteiger partial charge in [0.15, 0.2) is 0 Å². The van der Waals surface area contributed by atoms with Gasteiger partial charge in [-0.2, -0.15) is 0 Å². The molecule has 4 heteroatoms. The average molecular weight is 248 g/mol. The summed E-state index contributed by atoms with van der Waals surface area (Å²) in [5.41, 5.74) is 0.912. The highest BCUT2D eigenvalue weighted by Gasteiger charge is 2.52. The molecule has 2 fully saturated rings. The Hall–Kier alpha value is -1.16. The molecule has 0 unspecified atom stereocenters. The molecular weight excluding hydrogens is 228 g/mol. The second-order valence-electron chi connectivity index (χ2n) is 5.77. The van der Waals surface area contributed by atoms with E-state index in [9.17, 15) is 9.59 Å². The molecule has 1 N–H and O–H groups in total. The second kappa shape index (κ2) is 4.50. The Morgan fingerprint density at radius 3 is 2.72 bits per heavy atom. The van der Waals surface area contributed by atoms with Gasteiger partial charge in [-0.15, -0.1) is 0 Å². The van der Waals surface area contributed by atoms with E-state index in [4.69, 9.17) is 0 Å². The van der Waals surface area contributed by atoms with Crippen molar-refractivity contribution < 1.29 is 9.59 Å². The maximum absolute atomic E-state index is 12.5. The fourth-order valence-electron chi connectivity index (χ4n) is 3.48. The molecule has 1 aliphatic carbocycles. The Morgan fingerprint density at radius 1 is 1.28 bits per heavy atom. The van der Waals surface area contributed by atoms with E-state index < -0.39 is 0 Å². The Balaban J connectivity index is 1.74. The van der Waals surface area contributed by atoms with Crippen LogP contribution in [-0.4, -0.2) is 36.3 Å². The highest BCUT2D eigenvalue weighted by Crippen LogP contribution is 2.46. The van der Waals surface area contributed by atoms with Gasteiger partial charge in [-0.1, -0.05) is 24.5 Å². The summed E-state index contributed by atoms with van der Waals surface area (Å²) < 4.78 is 0. The van der Waals surface area contributed by atoms with E-state index in [1.165, 1.54) is 10.5 Å². The lowest BCUT2D eigenvalue weighted by atomic mass is 9.84. The third-order valence-electron chi connectivity index (χ3n) is 4.57. The fourth-order valence-corrected chi connectivity index (χ4v) is 3.48. The van der Waals surface area contributed by atoms with Crippen LogP contribution in [0.2, 0.25) is 0 Å². The zero-order valence-electron chi connectivity index (χ0n) is 10.7. The highest BCUT2D eigenvalue weighted by atomic mass is 16.2. The third-order valence-corrected chi connectivity index (χ3v) is 4.57. The van der Waals surface area contributed by atoms with Crippen LogP contribution >= 0.6 is 0 Å². The molecule has 98 valence electrons. The first-order chi connectivity index (χ1) is 8.71. The molecule has 0 radical (unpaired) electrons. The van der Waals surface area contributed by atoms with Gasteiger partial charge in [0.25, 0.3) is 0 Å². The first-order valence-electron chi connectivity index (χ1n) is 6.95. The fraction of sp³-hybridized carbons (Fsp3) is 0.714. The highest BCUT2D eigenvalue weighted by molar-refractivity contribution is 6.06. The van der Waals surface area contributed by atoms with E-state index in [-0.39, 0.29) is 17.2 Å². The minimum atomic E-state index is -0.315. The van der Waals surface area contributed by atoms with E-state index in [0.29, 0.717) is 13.0 Å². The van der Waals surface area contributed by atoms with Gasteiger partial charge in [0.1, 0.15) is 0 Å². The normalized spacial score (nSPS) is 27.1. The van der Waals surface area contributed by atoms with Crippen molar-refractivity contribution in [1.82, 2.24) is 10.2 Å². The Kier molecular flexibility index (Phi) is 2.98. The lowest BCUT2D eigenvalue weighted by Gasteiger charge is -2.23. The van der Waals surface area contributed by atoms with Crippen LogP contribution in [0.3, 0.4) is 0 Å². The molecule has 0 atom stereocenters. The zero-order chi connectivity index (χ0) is 12.6. The number of amides is 2. The first-order valence-corrected chi connectivity index (χ1v) is 6.95. The summed E-state index contributed by atoms with van der Waals surface area (Å²) >= 11 is 0. The second-order valence-corrected chi connectivity index (χ2v) is 5.77. The predicted molar refractivity (Wildman–Crippen MR) is 67.8 cm³/mol. The number of carbonyl (C=O) groups excluding carboxylic acids is 2. The number of likely N-dealkylation sites (tertiary alicyclic amines) is 1. The van der Waals surface area contributed by atoms with Crippen LogP contribution in [0.1, 0.15) is 38.5 Å². The molecule has 0 aromatic carbocycles. The summed E-state index contributed by atoms with van der Waals surface area (Å²) in [5, 5.41) is 3.25. The van der Waals surface area contributed by atoms with Gasteiger partial charge in [-0.05, 0) is 25.8 Å². The third kappa shape index (κ3) is 1.88. The van der Waals surface area contributed by atoms with E-state index in [2.05, 4.69) is 11.4 Å². The molecular formula is C14H20N2O2. The molecule has 0 aromatic heterocycles. The molecule has 2 aliphatic heterocycles. The predicted octanol–water partition coefficient (Wildman–Crippen LogP) is 1.23.